The van der Waals surface area contributed by atoms with E-state index < -0.39 is 11.8 Å². The number of aromatic nitrogens is 2. The first kappa shape index (κ1) is 28.1. The summed E-state index contributed by atoms with van der Waals surface area (Å²) >= 11 is 6.48. The molecule has 0 spiro atoms. The summed E-state index contributed by atoms with van der Waals surface area (Å²) in [5.41, 5.74) is 3.13. The van der Waals surface area contributed by atoms with Crippen LogP contribution >= 0.6 is 11.6 Å². The molecule has 0 unspecified atom stereocenters. The molecule has 1 fully saturated rings. The third-order valence-electron chi connectivity index (χ3n) is 6.72. The Hall–Kier alpha value is -2.94. The van der Waals surface area contributed by atoms with E-state index in [1.165, 1.54) is 0 Å². The fourth-order valence-corrected chi connectivity index (χ4v) is 4.92. The van der Waals surface area contributed by atoms with Gasteiger partial charge in [0.2, 0.25) is 5.82 Å². The van der Waals surface area contributed by atoms with Crippen molar-refractivity contribution < 1.29 is 23.9 Å². The summed E-state index contributed by atoms with van der Waals surface area (Å²) in [5, 5.41) is 14.1. The van der Waals surface area contributed by atoms with Crippen molar-refractivity contribution in [3.63, 3.8) is 0 Å². The number of hydrogen-bond acceptors (Lipinski definition) is 7. The first-order chi connectivity index (χ1) is 18.1. The van der Waals surface area contributed by atoms with Crippen LogP contribution in [0, 0.1) is 5.92 Å². The van der Waals surface area contributed by atoms with Gasteiger partial charge in [0.1, 0.15) is 5.60 Å². The van der Waals surface area contributed by atoms with E-state index in [0.717, 1.165) is 48.3 Å². The quantitative estimate of drug-likeness (QED) is 0.283. The maximum atomic E-state index is 11.3. The second kappa shape index (κ2) is 12.3. The van der Waals surface area contributed by atoms with E-state index in [0.29, 0.717) is 35.5 Å². The van der Waals surface area contributed by atoms with Crippen molar-refractivity contribution in [2.75, 3.05) is 19.7 Å². The van der Waals surface area contributed by atoms with Crippen molar-refractivity contribution in [3.8, 4) is 22.8 Å². The zero-order valence-electron chi connectivity index (χ0n) is 22.4. The van der Waals surface area contributed by atoms with Crippen LogP contribution in [0.3, 0.4) is 0 Å². The van der Waals surface area contributed by atoms with Crippen LogP contribution in [0.5, 0.6) is 0 Å². The van der Waals surface area contributed by atoms with Crippen LogP contribution in [0.1, 0.15) is 51.7 Å². The Bertz CT molecular complexity index is 1220. The molecule has 0 aliphatic carbocycles. The van der Waals surface area contributed by atoms with Gasteiger partial charge in [-0.15, -0.1) is 0 Å². The highest BCUT2D eigenvalue weighted by Crippen LogP contribution is 2.30. The number of carbonyl (C=O) groups is 1. The van der Waals surface area contributed by atoms with Gasteiger partial charge in [0.05, 0.1) is 12.7 Å². The zero-order valence-corrected chi connectivity index (χ0v) is 23.2. The van der Waals surface area contributed by atoms with E-state index >= 15 is 0 Å². The van der Waals surface area contributed by atoms with Gasteiger partial charge in [0, 0.05) is 48.6 Å². The highest BCUT2D eigenvalue weighted by Gasteiger charge is 2.39. The third kappa shape index (κ3) is 7.34. The van der Waals surface area contributed by atoms with E-state index in [-0.39, 0.29) is 12.7 Å². The van der Waals surface area contributed by atoms with Crippen molar-refractivity contribution >= 4 is 17.8 Å². The van der Waals surface area contributed by atoms with Gasteiger partial charge in [0.25, 0.3) is 5.89 Å². The molecule has 1 N–H and O–H groups in total. The summed E-state index contributed by atoms with van der Waals surface area (Å²) < 4.78 is 16.5. The summed E-state index contributed by atoms with van der Waals surface area (Å²) in [5.74, 6) is 1.48. The lowest BCUT2D eigenvalue weighted by Gasteiger charge is -2.40. The lowest BCUT2D eigenvalue weighted by Crippen LogP contribution is -2.50. The predicted molar refractivity (Wildman–Crippen MR) is 146 cm³/mol. The van der Waals surface area contributed by atoms with Gasteiger partial charge < -0.3 is 19.1 Å². The summed E-state index contributed by atoms with van der Waals surface area (Å²) in [6.45, 7) is 10.7. The Morgan fingerprint density at radius 2 is 1.79 bits per heavy atom. The minimum Gasteiger partial charge on any atom is -0.450 e. The maximum absolute atomic E-state index is 11.3. The summed E-state index contributed by atoms with van der Waals surface area (Å²) in [4.78, 5) is 18.1. The van der Waals surface area contributed by atoms with Crippen molar-refractivity contribution in [2.24, 2.45) is 5.92 Å². The highest BCUT2D eigenvalue weighted by molar-refractivity contribution is 6.31. The average Bonchev–Trinajstić information content (AvgIpc) is 3.36. The summed E-state index contributed by atoms with van der Waals surface area (Å²) in [7, 11) is 0. The van der Waals surface area contributed by atoms with Gasteiger partial charge in [-0.1, -0.05) is 60.9 Å². The Morgan fingerprint density at radius 3 is 2.39 bits per heavy atom. The first-order valence-electron chi connectivity index (χ1n) is 13.1. The monoisotopic (exact) mass is 541 g/mol. The standard InChI is InChI=1S/C29H36ClN3O5/c1-19(2)15-23-9-10-24(16-25(23)30)27-31-26(32-38-27)22-7-5-21(6-8-22)17-33-13-11-29(12-14-33,37-28(34)35)18-36-20(3)4/h5-10,16,19-20H,11-15,17-18H2,1-4H3,(H,34,35). The molecule has 9 heteroatoms. The fourth-order valence-electron chi connectivity index (χ4n) is 4.66. The van der Waals surface area contributed by atoms with E-state index in [1.54, 1.807) is 0 Å². The van der Waals surface area contributed by atoms with Crippen LogP contribution in [0.4, 0.5) is 4.79 Å². The molecule has 1 saturated heterocycles. The average molecular weight is 542 g/mol. The largest absolute Gasteiger partial charge is 0.506 e. The molecular weight excluding hydrogens is 506 g/mol. The topological polar surface area (TPSA) is 97.9 Å². The first-order valence-corrected chi connectivity index (χ1v) is 13.5. The zero-order chi connectivity index (χ0) is 27.3. The predicted octanol–water partition coefficient (Wildman–Crippen LogP) is 6.71. The molecule has 1 aliphatic rings. The number of carboxylic acid groups (broad SMARTS) is 1. The maximum Gasteiger partial charge on any atom is 0.506 e. The highest BCUT2D eigenvalue weighted by atomic mass is 35.5. The second-order valence-corrected chi connectivity index (χ2v) is 11.1. The molecule has 38 heavy (non-hydrogen) atoms. The number of rotatable bonds is 10. The lowest BCUT2D eigenvalue weighted by atomic mass is 9.91. The fraction of sp³-hybridized carbons (Fsp3) is 0.483. The van der Waals surface area contributed by atoms with E-state index in [1.807, 2.05) is 44.2 Å². The molecule has 0 amide bonds. The van der Waals surface area contributed by atoms with Crippen LogP contribution in [0.2, 0.25) is 5.02 Å². The molecule has 2 aromatic carbocycles. The van der Waals surface area contributed by atoms with Crippen LogP contribution in [-0.4, -0.2) is 57.7 Å². The van der Waals surface area contributed by atoms with Crippen molar-refractivity contribution in [3.05, 3.63) is 58.6 Å². The normalized spacial score (nSPS) is 15.8. The van der Waals surface area contributed by atoms with Crippen molar-refractivity contribution in [1.29, 1.82) is 0 Å². The molecule has 0 bridgehead atoms. The van der Waals surface area contributed by atoms with Gasteiger partial charge in [-0.25, -0.2) is 4.79 Å². The molecule has 3 aromatic rings. The summed E-state index contributed by atoms with van der Waals surface area (Å²) in [6.07, 6.45) is 0.874. The molecule has 2 heterocycles. The number of hydrogen-bond donors (Lipinski definition) is 1. The third-order valence-corrected chi connectivity index (χ3v) is 7.08. The Morgan fingerprint density at radius 1 is 1.11 bits per heavy atom. The van der Waals surface area contributed by atoms with E-state index in [9.17, 15) is 9.90 Å². The summed E-state index contributed by atoms with van der Waals surface area (Å²) in [6, 6.07) is 14.0. The number of nitrogens with zero attached hydrogens (tertiary/aromatic N) is 3. The molecule has 1 aromatic heterocycles. The lowest BCUT2D eigenvalue weighted by molar-refractivity contribution is -0.112. The van der Waals surface area contributed by atoms with Crippen LogP contribution in [0.15, 0.2) is 47.0 Å². The smallest absolute Gasteiger partial charge is 0.450 e. The Balaban J connectivity index is 1.36. The molecule has 8 nitrogen and oxygen atoms in total. The van der Waals surface area contributed by atoms with Gasteiger partial charge in [-0.3, -0.25) is 4.90 Å². The van der Waals surface area contributed by atoms with Gasteiger partial charge >= 0.3 is 6.16 Å². The van der Waals surface area contributed by atoms with Crippen molar-refractivity contribution in [1.82, 2.24) is 15.0 Å². The molecular formula is C29H36ClN3O5. The molecule has 0 saturated carbocycles. The molecule has 0 atom stereocenters. The molecule has 4 rings (SSSR count). The van der Waals surface area contributed by atoms with Crippen LogP contribution < -0.4 is 0 Å². The molecule has 204 valence electrons. The second-order valence-electron chi connectivity index (χ2n) is 10.7. The van der Waals surface area contributed by atoms with Crippen LogP contribution in [-0.2, 0) is 22.4 Å². The minimum absolute atomic E-state index is 0.0177. The van der Waals surface area contributed by atoms with Gasteiger partial charge in [-0.05, 0) is 49.4 Å². The van der Waals surface area contributed by atoms with E-state index in [2.05, 4.69) is 41.0 Å². The molecule has 0 radical (unpaired) electrons. The Kier molecular flexibility index (Phi) is 9.07. The number of ether oxygens (including phenoxy) is 2. The Labute approximate surface area is 228 Å². The number of piperidine rings is 1. The van der Waals surface area contributed by atoms with Crippen LogP contribution in [0.25, 0.3) is 22.8 Å². The number of halogens is 1. The SMILES string of the molecule is CC(C)Cc1ccc(-c2nc(-c3ccc(CN4CCC(COC(C)C)(OC(=O)O)CC4)cc3)no2)cc1Cl. The van der Waals surface area contributed by atoms with Gasteiger partial charge in [-0.2, -0.15) is 4.98 Å². The number of benzene rings is 2. The number of likely N-dealkylation sites (tertiary alicyclic amines) is 1. The molecule has 1 aliphatic heterocycles. The minimum atomic E-state index is -1.25. The van der Waals surface area contributed by atoms with Crippen molar-refractivity contribution in [2.45, 2.75) is 65.2 Å². The van der Waals surface area contributed by atoms with E-state index in [4.69, 9.17) is 25.6 Å². The van der Waals surface area contributed by atoms with Gasteiger partial charge in [0.15, 0.2) is 0 Å².